The van der Waals surface area contributed by atoms with E-state index in [0.717, 1.165) is 19.3 Å². The predicted octanol–water partition coefficient (Wildman–Crippen LogP) is 2.41. The lowest BCUT2D eigenvalue weighted by Gasteiger charge is -2.08. The van der Waals surface area contributed by atoms with Crippen LogP contribution in [0.2, 0.25) is 0 Å². The molecular formula is C22H26N6O4. The van der Waals surface area contributed by atoms with Crippen molar-refractivity contribution in [2.24, 2.45) is 0 Å². The third kappa shape index (κ3) is 3.72. The molecule has 0 saturated heterocycles. The van der Waals surface area contributed by atoms with Crippen molar-refractivity contribution in [2.45, 2.75) is 59.7 Å². The van der Waals surface area contributed by atoms with Crippen molar-refractivity contribution >= 4 is 22.6 Å². The van der Waals surface area contributed by atoms with Crippen LogP contribution in [0.5, 0.6) is 0 Å². The molecule has 0 atom stereocenters. The number of rotatable bonds is 8. The molecule has 168 valence electrons. The van der Waals surface area contributed by atoms with Crippen molar-refractivity contribution in [1.82, 2.24) is 28.5 Å². The van der Waals surface area contributed by atoms with Gasteiger partial charge in [0.05, 0.1) is 5.52 Å². The zero-order valence-electron chi connectivity index (χ0n) is 18.4. The van der Waals surface area contributed by atoms with E-state index in [2.05, 4.69) is 15.0 Å². The fourth-order valence-corrected chi connectivity index (χ4v) is 3.86. The van der Waals surface area contributed by atoms with Crippen LogP contribution < -0.4 is 11.2 Å². The van der Waals surface area contributed by atoms with E-state index < -0.39 is 17.2 Å². The van der Waals surface area contributed by atoms with Gasteiger partial charge in [0.25, 0.3) is 5.56 Å². The Bertz CT molecular complexity index is 1410. The highest BCUT2D eigenvalue weighted by atomic mass is 16.5. The van der Waals surface area contributed by atoms with Gasteiger partial charge < -0.3 is 13.7 Å². The molecule has 0 unspecified atom stereocenters. The Hall–Kier alpha value is -3.69. The lowest BCUT2D eigenvalue weighted by atomic mass is 10.3. The van der Waals surface area contributed by atoms with Crippen molar-refractivity contribution in [3.63, 3.8) is 0 Å². The summed E-state index contributed by atoms with van der Waals surface area (Å²) >= 11 is 0. The minimum atomic E-state index is -0.575. The summed E-state index contributed by atoms with van der Waals surface area (Å²) in [7, 11) is 0. The summed E-state index contributed by atoms with van der Waals surface area (Å²) in [6.07, 6.45) is 4.24. The fourth-order valence-electron chi connectivity index (χ4n) is 3.86. The van der Waals surface area contributed by atoms with E-state index in [-0.39, 0.29) is 12.3 Å². The van der Waals surface area contributed by atoms with Gasteiger partial charge in [0.2, 0.25) is 0 Å². The van der Waals surface area contributed by atoms with Crippen LogP contribution in [-0.4, -0.2) is 34.5 Å². The molecule has 0 saturated carbocycles. The summed E-state index contributed by atoms with van der Waals surface area (Å²) in [5.41, 5.74) is 0.528. The minimum absolute atomic E-state index is 0.139. The highest BCUT2D eigenvalue weighted by molar-refractivity contribution is 5.95. The number of fused-ring (bicyclic) bond motifs is 2. The van der Waals surface area contributed by atoms with Crippen molar-refractivity contribution < 1.29 is 9.53 Å². The molecular weight excluding hydrogens is 412 g/mol. The van der Waals surface area contributed by atoms with Crippen LogP contribution >= 0.6 is 0 Å². The zero-order valence-corrected chi connectivity index (χ0v) is 18.4. The predicted molar refractivity (Wildman–Crippen MR) is 119 cm³/mol. The summed E-state index contributed by atoms with van der Waals surface area (Å²) < 4.78 is 10.6. The van der Waals surface area contributed by atoms with E-state index >= 15 is 0 Å². The highest BCUT2D eigenvalue weighted by Crippen LogP contribution is 2.17. The Labute approximate surface area is 183 Å². The van der Waals surface area contributed by atoms with Gasteiger partial charge in [0.15, 0.2) is 16.9 Å². The number of aromatic amines is 1. The molecule has 4 aromatic rings. The van der Waals surface area contributed by atoms with E-state index in [1.165, 1.54) is 4.57 Å². The number of pyridine rings is 1. The number of nitrogens with zero attached hydrogens (tertiary/aromatic N) is 5. The third-order valence-corrected chi connectivity index (χ3v) is 5.40. The van der Waals surface area contributed by atoms with E-state index in [1.54, 1.807) is 10.6 Å². The number of carbonyl (C=O) groups is 1. The van der Waals surface area contributed by atoms with Gasteiger partial charge in [-0.3, -0.25) is 14.3 Å². The number of imidazole rings is 2. The summed E-state index contributed by atoms with van der Waals surface area (Å²) in [6.45, 7) is 6.63. The molecule has 0 aromatic carbocycles. The van der Waals surface area contributed by atoms with Crippen molar-refractivity contribution in [2.75, 3.05) is 0 Å². The number of aryl methyl sites for hydroxylation is 3. The van der Waals surface area contributed by atoms with Gasteiger partial charge in [0.1, 0.15) is 18.3 Å². The average Bonchev–Trinajstić information content (AvgIpc) is 3.31. The lowest BCUT2D eigenvalue weighted by Crippen LogP contribution is -2.31. The molecule has 0 fully saturated rings. The monoisotopic (exact) mass is 438 g/mol. The van der Waals surface area contributed by atoms with Crippen LogP contribution in [0.3, 0.4) is 0 Å². The molecule has 4 aromatic heterocycles. The van der Waals surface area contributed by atoms with Gasteiger partial charge in [-0.25, -0.2) is 19.6 Å². The average molecular weight is 438 g/mol. The Balaban J connectivity index is 1.71. The van der Waals surface area contributed by atoms with Gasteiger partial charge in [-0.05, 0) is 31.9 Å². The van der Waals surface area contributed by atoms with Gasteiger partial charge in [0, 0.05) is 19.3 Å². The van der Waals surface area contributed by atoms with Crippen molar-refractivity contribution in [1.29, 1.82) is 0 Å². The first-order chi connectivity index (χ1) is 15.5. The van der Waals surface area contributed by atoms with Crippen LogP contribution in [0.15, 0.2) is 34.0 Å². The number of H-pyrrole nitrogens is 1. The maximum Gasteiger partial charge on any atom is 0.359 e. The number of esters is 1. The smallest absolute Gasteiger partial charge is 0.359 e. The molecule has 0 aliphatic rings. The second-order valence-electron chi connectivity index (χ2n) is 7.66. The normalized spacial score (nSPS) is 11.5. The van der Waals surface area contributed by atoms with Gasteiger partial charge in [-0.2, -0.15) is 0 Å². The van der Waals surface area contributed by atoms with Crippen molar-refractivity contribution in [3.8, 4) is 0 Å². The highest BCUT2D eigenvalue weighted by Gasteiger charge is 2.21. The molecule has 0 aliphatic heterocycles. The van der Waals surface area contributed by atoms with Gasteiger partial charge in [-0.1, -0.05) is 26.3 Å². The first kappa shape index (κ1) is 21.5. The summed E-state index contributed by atoms with van der Waals surface area (Å²) in [4.78, 5) is 49.0. The molecule has 10 nitrogen and oxygen atoms in total. The van der Waals surface area contributed by atoms with Crippen LogP contribution in [-0.2, 0) is 24.4 Å². The van der Waals surface area contributed by atoms with E-state index in [9.17, 15) is 14.4 Å². The summed E-state index contributed by atoms with van der Waals surface area (Å²) in [6, 6.07) is 5.49. The minimum Gasteiger partial charge on any atom is -0.453 e. The number of unbranched alkanes of at least 4 members (excludes halogenated alkanes) is 1. The molecule has 0 spiro atoms. The number of nitrogens with one attached hydrogen (secondary N) is 1. The molecule has 1 N–H and O–H groups in total. The number of hydrogen-bond acceptors (Lipinski definition) is 6. The maximum absolute atomic E-state index is 12.8. The summed E-state index contributed by atoms with van der Waals surface area (Å²) in [5.74, 6) is 0.517. The standard InChI is InChI=1S/C22H26N6O4/c1-4-6-11-28-19-18(20(29)25-22(28)31)27(10-5-2)16(24-19)13-32-21(30)17-15-9-7-8-12-26(15)14(3)23-17/h7-9,12H,4-6,10-11,13H2,1-3H3,(H,25,29,31). The zero-order chi connectivity index (χ0) is 22.8. The molecule has 0 amide bonds. The Morgan fingerprint density at radius 1 is 1.09 bits per heavy atom. The Morgan fingerprint density at radius 2 is 1.91 bits per heavy atom. The first-order valence-corrected chi connectivity index (χ1v) is 10.8. The lowest BCUT2D eigenvalue weighted by molar-refractivity contribution is 0.0454. The van der Waals surface area contributed by atoms with Crippen LogP contribution in [0.1, 0.15) is 55.2 Å². The largest absolute Gasteiger partial charge is 0.453 e. The molecule has 0 aliphatic carbocycles. The number of ether oxygens (including phenoxy) is 1. The van der Waals surface area contributed by atoms with Crippen LogP contribution in [0.4, 0.5) is 0 Å². The third-order valence-electron chi connectivity index (χ3n) is 5.40. The van der Waals surface area contributed by atoms with Crippen LogP contribution in [0, 0.1) is 6.92 Å². The molecule has 10 heteroatoms. The van der Waals surface area contributed by atoms with Gasteiger partial charge in [-0.15, -0.1) is 0 Å². The van der Waals surface area contributed by atoms with E-state index in [0.29, 0.717) is 41.4 Å². The Kier molecular flexibility index (Phi) is 5.93. The van der Waals surface area contributed by atoms with Crippen LogP contribution in [0.25, 0.3) is 16.7 Å². The van der Waals surface area contributed by atoms with E-state index in [1.807, 2.05) is 43.5 Å². The quantitative estimate of drug-likeness (QED) is 0.422. The second-order valence-corrected chi connectivity index (χ2v) is 7.66. The number of aromatic nitrogens is 6. The Morgan fingerprint density at radius 3 is 2.66 bits per heavy atom. The van der Waals surface area contributed by atoms with Gasteiger partial charge >= 0.3 is 11.7 Å². The number of carbonyl (C=O) groups excluding carboxylic acids is 1. The maximum atomic E-state index is 12.8. The van der Waals surface area contributed by atoms with E-state index in [4.69, 9.17) is 4.74 Å². The summed E-state index contributed by atoms with van der Waals surface area (Å²) in [5, 5.41) is 0. The molecule has 0 radical (unpaired) electrons. The number of hydrogen-bond donors (Lipinski definition) is 1. The molecule has 0 bridgehead atoms. The molecule has 4 heterocycles. The van der Waals surface area contributed by atoms with Crippen molar-refractivity contribution in [3.05, 3.63) is 62.6 Å². The molecule has 4 rings (SSSR count). The topological polar surface area (TPSA) is 116 Å². The second kappa shape index (κ2) is 8.81. The first-order valence-electron chi connectivity index (χ1n) is 10.8. The fraction of sp³-hybridized carbons (Fsp3) is 0.409. The molecule has 32 heavy (non-hydrogen) atoms. The SMILES string of the molecule is CCCCn1c(=O)[nH]c(=O)c2c1nc(COC(=O)c1nc(C)n3ccccc13)n2CCC.